The zero-order valence-corrected chi connectivity index (χ0v) is 13.9. The van der Waals surface area contributed by atoms with Gasteiger partial charge in [0.25, 0.3) is 0 Å². The molecule has 8 heteroatoms. The number of aliphatic carboxylic acids is 1. The molecule has 0 atom stereocenters. The smallest absolute Gasteiger partial charge is 0.313 e. The van der Waals surface area contributed by atoms with Crippen LogP contribution in [0.3, 0.4) is 0 Å². The Labute approximate surface area is 137 Å². The van der Waals surface area contributed by atoms with Crippen molar-refractivity contribution in [3.8, 4) is 0 Å². The van der Waals surface area contributed by atoms with Gasteiger partial charge in [-0.05, 0) is 18.2 Å². The summed E-state index contributed by atoms with van der Waals surface area (Å²) in [5, 5.41) is 12.5. The van der Waals surface area contributed by atoms with Crippen molar-refractivity contribution in [1.29, 1.82) is 0 Å². The fourth-order valence-electron chi connectivity index (χ4n) is 1.93. The Bertz CT molecular complexity index is 786. The number of rotatable bonds is 5. The highest BCUT2D eigenvalue weighted by molar-refractivity contribution is 9.10. The quantitative estimate of drug-likeness (QED) is 0.683. The summed E-state index contributed by atoms with van der Waals surface area (Å²) in [5.74, 6) is -0.864. The van der Waals surface area contributed by atoms with E-state index in [1.807, 2.05) is 28.1 Å². The number of hydrogen-bond donors (Lipinski definition) is 1. The van der Waals surface area contributed by atoms with E-state index in [0.717, 1.165) is 20.5 Å². The lowest BCUT2D eigenvalue weighted by Crippen LogP contribution is -2.04. The number of hydrogen-bond acceptors (Lipinski definition) is 5. The Kier molecular flexibility index (Phi) is 4.27. The summed E-state index contributed by atoms with van der Waals surface area (Å²) in [5.41, 5.74) is 1.81. The largest absolute Gasteiger partial charge is 0.481 e. The predicted octanol–water partition coefficient (Wildman–Crippen LogP) is 3.48. The van der Waals surface area contributed by atoms with Gasteiger partial charge in [0, 0.05) is 16.0 Å². The molecule has 3 aromatic rings. The Hall–Kier alpha value is -1.38. The topological polar surface area (TPSA) is 68.0 Å². The maximum absolute atomic E-state index is 10.8. The third-order valence-electron chi connectivity index (χ3n) is 2.78. The maximum atomic E-state index is 10.8. The first-order valence-corrected chi connectivity index (χ1v) is 8.68. The van der Waals surface area contributed by atoms with Crippen molar-refractivity contribution in [3.05, 3.63) is 39.3 Å². The molecule has 108 valence electrons. The number of fused-ring (bicyclic) bond motifs is 1. The van der Waals surface area contributed by atoms with Crippen LogP contribution >= 0.6 is 39.0 Å². The van der Waals surface area contributed by atoms with Gasteiger partial charge in [0.1, 0.15) is 5.01 Å². The first-order chi connectivity index (χ1) is 10.1. The molecule has 21 heavy (non-hydrogen) atoms. The van der Waals surface area contributed by atoms with Gasteiger partial charge in [-0.1, -0.05) is 27.7 Å². The second-order valence-corrected chi connectivity index (χ2v) is 7.06. The van der Waals surface area contributed by atoms with Crippen molar-refractivity contribution in [2.45, 2.75) is 11.7 Å². The van der Waals surface area contributed by atoms with Crippen molar-refractivity contribution in [2.75, 3.05) is 5.75 Å². The molecule has 0 fully saturated rings. The van der Waals surface area contributed by atoms with Crippen LogP contribution in [0, 0.1) is 0 Å². The number of benzene rings is 1. The Morgan fingerprint density at radius 1 is 1.48 bits per heavy atom. The highest BCUT2D eigenvalue weighted by Gasteiger charge is 2.14. The average molecular weight is 384 g/mol. The molecule has 0 aliphatic rings. The standard InChI is InChI=1S/C13H10BrN3O2S2/c14-8-1-2-9-10(5-8)17(6-11-15-3-4-20-11)13(16-9)21-7-12(18)19/h1-5H,6-7H2,(H,18,19). The lowest BCUT2D eigenvalue weighted by Gasteiger charge is -2.06. The number of aromatic nitrogens is 3. The number of carboxylic acids is 1. The SMILES string of the molecule is O=C(O)CSc1nc2ccc(Br)cc2n1Cc1nccs1. The molecule has 0 aliphatic carbocycles. The Morgan fingerprint density at radius 2 is 2.33 bits per heavy atom. The van der Waals surface area contributed by atoms with Crippen LogP contribution in [0.5, 0.6) is 0 Å². The summed E-state index contributed by atoms with van der Waals surface area (Å²) in [7, 11) is 0. The molecule has 3 rings (SSSR count). The molecule has 0 saturated heterocycles. The van der Waals surface area contributed by atoms with Gasteiger partial charge in [-0.3, -0.25) is 4.79 Å². The van der Waals surface area contributed by atoms with E-state index in [9.17, 15) is 4.79 Å². The molecule has 0 bridgehead atoms. The molecule has 1 N–H and O–H groups in total. The van der Waals surface area contributed by atoms with Crippen LogP contribution in [0.15, 0.2) is 39.4 Å². The minimum Gasteiger partial charge on any atom is -0.481 e. The minimum absolute atomic E-state index is 0.0115. The summed E-state index contributed by atoms with van der Waals surface area (Å²) in [6.07, 6.45) is 1.76. The second kappa shape index (κ2) is 6.17. The number of imidazole rings is 1. The Balaban J connectivity index is 2.04. The number of nitrogens with zero attached hydrogens (tertiary/aromatic N) is 3. The van der Waals surface area contributed by atoms with Crippen LogP contribution < -0.4 is 0 Å². The monoisotopic (exact) mass is 383 g/mol. The highest BCUT2D eigenvalue weighted by Crippen LogP contribution is 2.27. The lowest BCUT2D eigenvalue weighted by molar-refractivity contribution is -0.133. The first kappa shape index (κ1) is 14.6. The van der Waals surface area contributed by atoms with Gasteiger partial charge < -0.3 is 9.67 Å². The van der Waals surface area contributed by atoms with Gasteiger partial charge in [-0.2, -0.15) is 0 Å². The minimum atomic E-state index is -0.853. The van der Waals surface area contributed by atoms with Crippen molar-refractivity contribution in [3.63, 3.8) is 0 Å². The molecular formula is C13H10BrN3O2S2. The normalized spacial score (nSPS) is 11.1. The van der Waals surface area contributed by atoms with E-state index in [4.69, 9.17) is 5.11 Å². The van der Waals surface area contributed by atoms with Gasteiger partial charge >= 0.3 is 5.97 Å². The van der Waals surface area contributed by atoms with Crippen molar-refractivity contribution >= 4 is 56.0 Å². The molecule has 0 radical (unpaired) electrons. The summed E-state index contributed by atoms with van der Waals surface area (Å²) in [6, 6.07) is 5.83. The second-order valence-electron chi connectivity index (χ2n) is 4.22. The molecule has 5 nitrogen and oxygen atoms in total. The molecule has 2 heterocycles. The molecule has 1 aromatic carbocycles. The lowest BCUT2D eigenvalue weighted by atomic mass is 10.3. The summed E-state index contributed by atoms with van der Waals surface area (Å²) in [4.78, 5) is 19.6. The fourth-order valence-corrected chi connectivity index (χ4v) is 3.62. The molecule has 0 unspecified atom stereocenters. The third-order valence-corrected chi connectivity index (χ3v) is 5.00. The van der Waals surface area contributed by atoms with Gasteiger partial charge in [-0.15, -0.1) is 11.3 Å². The van der Waals surface area contributed by atoms with Gasteiger partial charge in [0.15, 0.2) is 5.16 Å². The van der Waals surface area contributed by atoms with E-state index < -0.39 is 5.97 Å². The highest BCUT2D eigenvalue weighted by atomic mass is 79.9. The molecular weight excluding hydrogens is 374 g/mol. The number of thioether (sulfide) groups is 1. The van der Waals surface area contributed by atoms with E-state index in [1.54, 1.807) is 17.5 Å². The number of thiazole rings is 1. The van der Waals surface area contributed by atoms with E-state index in [0.29, 0.717) is 11.7 Å². The van der Waals surface area contributed by atoms with Crippen molar-refractivity contribution < 1.29 is 9.90 Å². The summed E-state index contributed by atoms with van der Waals surface area (Å²) >= 11 is 6.25. The number of carboxylic acid groups (broad SMARTS) is 1. The number of carbonyl (C=O) groups is 1. The fraction of sp³-hybridized carbons (Fsp3) is 0.154. The van der Waals surface area contributed by atoms with E-state index in [1.165, 1.54) is 11.8 Å². The molecule has 0 saturated carbocycles. The van der Waals surface area contributed by atoms with E-state index in [2.05, 4.69) is 25.9 Å². The maximum Gasteiger partial charge on any atom is 0.313 e. The predicted molar refractivity (Wildman–Crippen MR) is 87.0 cm³/mol. The van der Waals surface area contributed by atoms with Crippen molar-refractivity contribution in [2.24, 2.45) is 0 Å². The molecule has 0 amide bonds. The van der Waals surface area contributed by atoms with Crippen LogP contribution in [0.4, 0.5) is 0 Å². The molecule has 2 aromatic heterocycles. The number of halogens is 1. The molecule has 0 aliphatic heterocycles. The zero-order valence-electron chi connectivity index (χ0n) is 10.7. The van der Waals surface area contributed by atoms with Gasteiger partial charge in [0.05, 0.1) is 23.3 Å². The van der Waals surface area contributed by atoms with E-state index >= 15 is 0 Å². The average Bonchev–Trinajstić information content (AvgIpc) is 3.06. The summed E-state index contributed by atoms with van der Waals surface area (Å²) in [6.45, 7) is 0.590. The zero-order chi connectivity index (χ0) is 14.8. The van der Waals surface area contributed by atoms with Crippen LogP contribution in [0.25, 0.3) is 11.0 Å². The van der Waals surface area contributed by atoms with Crippen LogP contribution in [-0.2, 0) is 11.3 Å². The van der Waals surface area contributed by atoms with Crippen molar-refractivity contribution in [1.82, 2.24) is 14.5 Å². The van der Waals surface area contributed by atoms with Gasteiger partial charge in [-0.25, -0.2) is 9.97 Å². The Morgan fingerprint density at radius 3 is 3.05 bits per heavy atom. The molecule has 0 spiro atoms. The van der Waals surface area contributed by atoms with Crippen LogP contribution in [0.1, 0.15) is 5.01 Å². The summed E-state index contributed by atoms with van der Waals surface area (Å²) < 4.78 is 2.97. The van der Waals surface area contributed by atoms with Crippen LogP contribution in [0.2, 0.25) is 0 Å². The first-order valence-electron chi connectivity index (χ1n) is 6.02. The van der Waals surface area contributed by atoms with Crippen LogP contribution in [-0.4, -0.2) is 31.4 Å². The third kappa shape index (κ3) is 3.28. The van der Waals surface area contributed by atoms with Gasteiger partial charge in [0.2, 0.25) is 0 Å². The van der Waals surface area contributed by atoms with E-state index in [-0.39, 0.29) is 5.75 Å².